The first kappa shape index (κ1) is 25.6. The fourth-order valence-corrected chi connectivity index (χ4v) is 3.08. The molecule has 3 aromatic carbocycles. The Morgan fingerprint density at radius 3 is 2.29 bits per heavy atom. The van der Waals surface area contributed by atoms with E-state index in [1.807, 2.05) is 0 Å². The highest BCUT2D eigenvalue weighted by Gasteiger charge is 2.37. The number of hydrogen-bond donors (Lipinski definition) is 0. The summed E-state index contributed by atoms with van der Waals surface area (Å²) in [5.74, 6) is -3.12. The smallest absolute Gasteiger partial charge is 0.420 e. The predicted octanol–water partition coefficient (Wildman–Crippen LogP) is 6.54. The Morgan fingerprint density at radius 2 is 1.69 bits per heavy atom. The maximum absolute atomic E-state index is 14.0. The summed E-state index contributed by atoms with van der Waals surface area (Å²) < 4.78 is 73.5. The molecule has 0 amide bonds. The minimum absolute atomic E-state index is 0.000252. The first-order chi connectivity index (χ1) is 16.5. The number of carbonyl (C=O) groups excluding carboxylic acids is 1. The monoisotopic (exact) mass is 515 g/mol. The van der Waals surface area contributed by atoms with E-state index in [1.54, 1.807) is 12.1 Å². The van der Waals surface area contributed by atoms with Crippen LogP contribution in [-0.2, 0) is 15.7 Å². The van der Waals surface area contributed by atoms with E-state index in [2.05, 4.69) is 4.74 Å². The minimum Gasteiger partial charge on any atom is -0.478 e. The first-order valence-electron chi connectivity index (χ1n) is 9.48. The number of para-hydroxylation sites is 2. The Hall–Kier alpha value is -4.06. The van der Waals surface area contributed by atoms with Crippen LogP contribution < -0.4 is 14.2 Å². The highest BCUT2D eigenvalue weighted by Crippen LogP contribution is 2.42. The third-order valence-electron chi connectivity index (χ3n) is 4.31. The van der Waals surface area contributed by atoms with Crippen molar-refractivity contribution in [1.29, 1.82) is 0 Å². The highest BCUT2D eigenvalue weighted by molar-refractivity contribution is 6.31. The van der Waals surface area contributed by atoms with Gasteiger partial charge in [0.15, 0.2) is 18.1 Å². The van der Waals surface area contributed by atoms with Crippen molar-refractivity contribution in [1.82, 2.24) is 0 Å². The number of nitro groups is 1. The molecular weight excluding hydrogens is 502 g/mol. The second-order valence-corrected chi connectivity index (χ2v) is 7.07. The zero-order valence-corrected chi connectivity index (χ0v) is 18.4. The van der Waals surface area contributed by atoms with Crippen molar-refractivity contribution >= 4 is 23.3 Å². The molecule has 0 bridgehead atoms. The molecule has 0 atom stereocenters. The van der Waals surface area contributed by atoms with E-state index < -0.39 is 45.8 Å². The van der Waals surface area contributed by atoms with Crippen LogP contribution in [0.5, 0.6) is 28.7 Å². The van der Waals surface area contributed by atoms with Gasteiger partial charge in [-0.2, -0.15) is 13.2 Å². The van der Waals surface area contributed by atoms with Crippen molar-refractivity contribution < 1.29 is 46.2 Å². The molecule has 0 aliphatic rings. The number of carbonyl (C=O) groups is 1. The molecule has 8 nitrogen and oxygen atoms in total. The molecular formula is C22H14ClF4NO7. The highest BCUT2D eigenvalue weighted by atomic mass is 35.5. The van der Waals surface area contributed by atoms with E-state index in [9.17, 15) is 32.5 Å². The zero-order valence-electron chi connectivity index (χ0n) is 17.6. The lowest BCUT2D eigenvalue weighted by Crippen LogP contribution is -2.12. The van der Waals surface area contributed by atoms with Crippen LogP contribution in [0.2, 0.25) is 5.02 Å². The summed E-state index contributed by atoms with van der Waals surface area (Å²) in [5, 5.41) is 10.5. The molecule has 0 N–H and O–H groups in total. The molecule has 0 saturated heterocycles. The average Bonchev–Trinajstić information content (AvgIpc) is 2.76. The number of nitro benzene ring substituents is 1. The van der Waals surface area contributed by atoms with Crippen molar-refractivity contribution in [3.8, 4) is 28.7 Å². The van der Waals surface area contributed by atoms with Gasteiger partial charge in [-0.15, -0.1) is 0 Å². The van der Waals surface area contributed by atoms with Gasteiger partial charge in [0, 0.05) is 24.3 Å². The molecule has 13 heteroatoms. The van der Waals surface area contributed by atoms with Crippen LogP contribution in [0.4, 0.5) is 23.2 Å². The normalized spacial score (nSPS) is 11.0. The fourth-order valence-electron chi connectivity index (χ4n) is 2.77. The van der Waals surface area contributed by atoms with Crippen molar-refractivity contribution in [2.45, 2.75) is 6.18 Å². The van der Waals surface area contributed by atoms with Gasteiger partial charge in [0.2, 0.25) is 5.75 Å². The Morgan fingerprint density at radius 1 is 1.00 bits per heavy atom. The van der Waals surface area contributed by atoms with E-state index in [-0.39, 0.29) is 28.7 Å². The predicted molar refractivity (Wildman–Crippen MR) is 114 cm³/mol. The summed E-state index contributed by atoms with van der Waals surface area (Å²) in [5.41, 5.74) is -2.14. The topological polar surface area (TPSA) is 97.1 Å². The number of hydrogen-bond acceptors (Lipinski definition) is 7. The van der Waals surface area contributed by atoms with Crippen LogP contribution in [0, 0.1) is 15.9 Å². The number of benzene rings is 3. The second kappa shape index (κ2) is 10.5. The molecule has 0 saturated carbocycles. The van der Waals surface area contributed by atoms with Crippen LogP contribution in [0.1, 0.15) is 5.56 Å². The maximum atomic E-state index is 14.0. The number of halogens is 5. The molecule has 0 heterocycles. The number of alkyl halides is 3. The quantitative estimate of drug-likeness (QED) is 0.145. The van der Waals surface area contributed by atoms with Crippen LogP contribution in [-0.4, -0.2) is 24.6 Å². The molecule has 0 radical (unpaired) electrons. The summed E-state index contributed by atoms with van der Waals surface area (Å²) in [6.45, 7) is -0.456. The summed E-state index contributed by atoms with van der Waals surface area (Å²) >= 11 is 5.57. The SMILES string of the molecule is COC(=O)COc1ccccc1Oc1cc(Oc2cc(F)c(C(F)(F)F)c(Cl)c2)ccc1[N+](=O)[O-]. The van der Waals surface area contributed by atoms with Crippen molar-refractivity contribution in [3.63, 3.8) is 0 Å². The average molecular weight is 516 g/mol. The van der Waals surface area contributed by atoms with E-state index in [0.29, 0.717) is 6.07 Å². The van der Waals surface area contributed by atoms with Gasteiger partial charge in [-0.05, 0) is 18.2 Å². The summed E-state index contributed by atoms with van der Waals surface area (Å²) in [6.07, 6.45) is -5.02. The van der Waals surface area contributed by atoms with Crippen LogP contribution in [0.25, 0.3) is 0 Å². The summed E-state index contributed by atoms with van der Waals surface area (Å²) in [7, 11) is 1.17. The third-order valence-corrected chi connectivity index (χ3v) is 4.60. The molecule has 3 rings (SSSR count). The number of methoxy groups -OCH3 is 1. The lowest BCUT2D eigenvalue weighted by atomic mass is 10.2. The van der Waals surface area contributed by atoms with Crippen molar-refractivity contribution in [2.75, 3.05) is 13.7 Å². The lowest BCUT2D eigenvalue weighted by Gasteiger charge is -2.14. The molecule has 0 aliphatic carbocycles. The number of ether oxygens (including phenoxy) is 4. The molecule has 0 aliphatic heterocycles. The molecule has 0 unspecified atom stereocenters. The fraction of sp³-hybridized carbons (Fsp3) is 0.136. The van der Waals surface area contributed by atoms with Gasteiger partial charge in [-0.3, -0.25) is 10.1 Å². The second-order valence-electron chi connectivity index (χ2n) is 6.66. The Bertz CT molecular complexity index is 1240. The summed E-state index contributed by atoms with van der Waals surface area (Å²) in [4.78, 5) is 22.1. The van der Waals surface area contributed by atoms with E-state index >= 15 is 0 Å². The molecule has 0 aromatic heterocycles. The molecule has 3 aromatic rings. The maximum Gasteiger partial charge on any atom is 0.420 e. The lowest BCUT2D eigenvalue weighted by molar-refractivity contribution is -0.385. The Labute approximate surface area is 199 Å². The van der Waals surface area contributed by atoms with Crippen molar-refractivity contribution in [2.24, 2.45) is 0 Å². The molecule has 184 valence electrons. The molecule has 0 fully saturated rings. The first-order valence-corrected chi connectivity index (χ1v) is 9.86. The largest absolute Gasteiger partial charge is 0.478 e. The number of rotatable bonds is 8. The summed E-state index contributed by atoms with van der Waals surface area (Å²) in [6, 6.07) is 10.4. The molecule has 35 heavy (non-hydrogen) atoms. The van der Waals surface area contributed by atoms with E-state index in [4.69, 9.17) is 25.8 Å². The van der Waals surface area contributed by atoms with Gasteiger partial charge in [-0.25, -0.2) is 9.18 Å². The van der Waals surface area contributed by atoms with Gasteiger partial charge in [0.05, 0.1) is 17.1 Å². The van der Waals surface area contributed by atoms with Crippen LogP contribution in [0.15, 0.2) is 54.6 Å². The van der Waals surface area contributed by atoms with Gasteiger partial charge < -0.3 is 18.9 Å². The number of esters is 1. The van der Waals surface area contributed by atoms with E-state index in [0.717, 1.165) is 24.3 Å². The van der Waals surface area contributed by atoms with Gasteiger partial charge in [0.25, 0.3) is 0 Å². The zero-order chi connectivity index (χ0) is 25.8. The van der Waals surface area contributed by atoms with Crippen LogP contribution in [0.3, 0.4) is 0 Å². The van der Waals surface area contributed by atoms with Crippen LogP contribution >= 0.6 is 11.6 Å². The minimum atomic E-state index is -5.02. The number of nitrogens with zero attached hydrogens (tertiary/aromatic N) is 1. The van der Waals surface area contributed by atoms with Gasteiger partial charge in [-0.1, -0.05) is 23.7 Å². The van der Waals surface area contributed by atoms with Crippen molar-refractivity contribution in [3.05, 3.63) is 81.1 Å². The molecule has 0 spiro atoms. The van der Waals surface area contributed by atoms with Gasteiger partial charge in [0.1, 0.15) is 22.9 Å². The Balaban J connectivity index is 1.92. The third kappa shape index (κ3) is 6.29. The van der Waals surface area contributed by atoms with Gasteiger partial charge >= 0.3 is 17.8 Å². The Kier molecular flexibility index (Phi) is 7.65. The van der Waals surface area contributed by atoms with E-state index in [1.165, 1.54) is 19.2 Å². The standard InChI is InChI=1S/C22H14ClF4NO7/c1-32-20(29)11-33-17-4-2-3-5-18(17)35-19-10-12(6-7-16(19)28(30)31)34-13-8-14(23)21(15(24)9-13)22(25,26)27/h2-10H,11H2,1H3.